The highest BCUT2D eigenvalue weighted by Crippen LogP contribution is 2.20. The Bertz CT molecular complexity index is 583. The first-order valence-corrected chi connectivity index (χ1v) is 6.77. The first kappa shape index (κ1) is 15.5. The zero-order valence-electron chi connectivity index (χ0n) is 12.5. The molecule has 0 bridgehead atoms. The van der Waals surface area contributed by atoms with Gasteiger partial charge in [0.2, 0.25) is 5.91 Å². The lowest BCUT2D eigenvalue weighted by Crippen LogP contribution is -2.50. The Morgan fingerprint density at radius 2 is 2.14 bits per heavy atom. The molecule has 1 unspecified atom stereocenters. The maximum absolute atomic E-state index is 12.1. The fourth-order valence-corrected chi connectivity index (χ4v) is 2.56. The number of carbonyl (C=O) groups is 2. The van der Waals surface area contributed by atoms with Gasteiger partial charge in [-0.3, -0.25) is 19.2 Å². The van der Waals surface area contributed by atoms with E-state index >= 15 is 0 Å². The maximum atomic E-state index is 12.1. The van der Waals surface area contributed by atoms with Crippen LogP contribution < -0.4 is 11.1 Å². The van der Waals surface area contributed by atoms with Crippen LogP contribution >= 0.6 is 0 Å². The number of aromatic nitrogens is 2. The van der Waals surface area contributed by atoms with Gasteiger partial charge in [-0.25, -0.2) is 0 Å². The zero-order valence-corrected chi connectivity index (χ0v) is 12.5. The van der Waals surface area contributed by atoms with Crippen molar-refractivity contribution in [1.29, 1.82) is 0 Å². The van der Waals surface area contributed by atoms with Crippen molar-refractivity contribution in [3.8, 4) is 0 Å². The summed E-state index contributed by atoms with van der Waals surface area (Å²) in [6, 6.07) is 0. The number of hydrogen-bond acceptors (Lipinski definition) is 5. The number of nitrogens with two attached hydrogens (primary N) is 1. The van der Waals surface area contributed by atoms with Crippen LogP contribution in [0.2, 0.25) is 0 Å². The first-order chi connectivity index (χ1) is 9.73. The van der Waals surface area contributed by atoms with Crippen LogP contribution in [0.1, 0.15) is 17.8 Å². The first-order valence-electron chi connectivity index (χ1n) is 6.77. The van der Waals surface area contributed by atoms with Crippen LogP contribution in [0.15, 0.2) is 0 Å². The Balaban J connectivity index is 1.96. The second-order valence-corrected chi connectivity index (χ2v) is 5.64. The van der Waals surface area contributed by atoms with Gasteiger partial charge >= 0.3 is 5.97 Å². The van der Waals surface area contributed by atoms with Gasteiger partial charge in [-0.2, -0.15) is 5.10 Å². The third-order valence-corrected chi connectivity index (χ3v) is 3.95. The van der Waals surface area contributed by atoms with Crippen LogP contribution in [0, 0.1) is 13.8 Å². The Kier molecular flexibility index (Phi) is 4.02. The van der Waals surface area contributed by atoms with E-state index in [1.54, 1.807) is 9.58 Å². The predicted molar refractivity (Wildman–Crippen MR) is 76.9 cm³/mol. The van der Waals surface area contributed by atoms with Crippen molar-refractivity contribution in [3.05, 3.63) is 11.4 Å². The van der Waals surface area contributed by atoms with Gasteiger partial charge in [-0.05, 0) is 20.3 Å². The largest absolute Gasteiger partial charge is 0.480 e. The Hall–Kier alpha value is -1.93. The van der Waals surface area contributed by atoms with Crippen LogP contribution in [-0.4, -0.2) is 56.8 Å². The van der Waals surface area contributed by atoms with E-state index in [1.807, 2.05) is 20.9 Å². The molecule has 1 aromatic heterocycles. The van der Waals surface area contributed by atoms with E-state index in [-0.39, 0.29) is 19.0 Å². The Morgan fingerprint density at radius 3 is 2.62 bits per heavy atom. The van der Waals surface area contributed by atoms with Crippen LogP contribution in [0.4, 0.5) is 5.69 Å². The number of carboxylic acids is 1. The van der Waals surface area contributed by atoms with Crippen LogP contribution in [-0.2, 0) is 16.6 Å². The lowest BCUT2D eigenvalue weighted by Gasteiger charge is -2.19. The second kappa shape index (κ2) is 5.45. The SMILES string of the molecule is Cc1nn(C)c(C)c1NC(=O)CN1CCC(N)(C(=O)O)C1. The average molecular weight is 295 g/mol. The number of likely N-dealkylation sites (tertiary alicyclic amines) is 1. The fourth-order valence-electron chi connectivity index (χ4n) is 2.56. The van der Waals surface area contributed by atoms with Crippen LogP contribution in [0.3, 0.4) is 0 Å². The molecule has 0 saturated carbocycles. The quantitative estimate of drug-likeness (QED) is 0.687. The summed E-state index contributed by atoms with van der Waals surface area (Å²) in [5.74, 6) is -1.21. The molecule has 8 heteroatoms. The average Bonchev–Trinajstić information content (AvgIpc) is 2.87. The minimum absolute atomic E-state index is 0.125. The van der Waals surface area contributed by atoms with Gasteiger partial charge in [-0.1, -0.05) is 0 Å². The molecule has 4 N–H and O–H groups in total. The molecular formula is C13H21N5O3. The molecule has 21 heavy (non-hydrogen) atoms. The predicted octanol–water partition coefficient (Wildman–Crippen LogP) is -0.537. The summed E-state index contributed by atoms with van der Waals surface area (Å²) in [5, 5.41) is 16.1. The number of hydrogen-bond donors (Lipinski definition) is 3. The molecule has 1 aliphatic rings. The number of rotatable bonds is 4. The molecule has 1 aromatic rings. The highest BCUT2D eigenvalue weighted by Gasteiger charge is 2.41. The van der Waals surface area contributed by atoms with Crippen LogP contribution in [0.25, 0.3) is 0 Å². The highest BCUT2D eigenvalue weighted by atomic mass is 16.4. The number of aryl methyl sites for hydroxylation is 2. The van der Waals surface area contributed by atoms with E-state index < -0.39 is 11.5 Å². The summed E-state index contributed by atoms with van der Waals surface area (Å²) in [7, 11) is 1.81. The van der Waals surface area contributed by atoms with Crippen LogP contribution in [0.5, 0.6) is 0 Å². The minimum atomic E-state index is -1.25. The molecule has 0 aromatic carbocycles. The van der Waals surface area contributed by atoms with Gasteiger partial charge in [0.25, 0.3) is 0 Å². The summed E-state index contributed by atoms with van der Waals surface area (Å²) in [5.41, 5.74) is 6.87. The van der Waals surface area contributed by atoms with Crippen molar-refractivity contribution >= 4 is 17.6 Å². The van der Waals surface area contributed by atoms with Gasteiger partial charge in [0.05, 0.1) is 23.6 Å². The van der Waals surface area contributed by atoms with Crippen molar-refractivity contribution in [2.75, 3.05) is 25.0 Å². The fraction of sp³-hybridized carbons (Fsp3) is 0.615. The standard InChI is InChI=1S/C13H21N5O3/c1-8-11(9(2)17(3)16-8)15-10(19)6-18-5-4-13(14,7-18)12(20)21/h4-7,14H2,1-3H3,(H,15,19)(H,20,21). The highest BCUT2D eigenvalue weighted by molar-refractivity contribution is 5.93. The zero-order chi connectivity index (χ0) is 15.8. The number of carbonyl (C=O) groups excluding carboxylic acids is 1. The number of aliphatic carboxylic acids is 1. The van der Waals surface area contributed by atoms with Gasteiger partial charge in [0, 0.05) is 20.1 Å². The lowest BCUT2D eigenvalue weighted by atomic mass is 10.0. The third-order valence-electron chi connectivity index (χ3n) is 3.95. The molecule has 116 valence electrons. The summed E-state index contributed by atoms with van der Waals surface area (Å²) in [6.45, 7) is 4.51. The van der Waals surface area contributed by atoms with E-state index in [0.717, 1.165) is 11.4 Å². The Morgan fingerprint density at radius 1 is 1.48 bits per heavy atom. The van der Waals surface area contributed by atoms with Crippen molar-refractivity contribution in [3.63, 3.8) is 0 Å². The number of nitrogens with one attached hydrogen (secondary N) is 1. The summed E-state index contributed by atoms with van der Waals surface area (Å²) in [6.07, 6.45) is 0.348. The summed E-state index contributed by atoms with van der Waals surface area (Å²) >= 11 is 0. The molecule has 2 heterocycles. The van der Waals surface area contributed by atoms with E-state index in [2.05, 4.69) is 10.4 Å². The molecule has 8 nitrogen and oxygen atoms in total. The Labute approximate surface area is 122 Å². The molecule has 1 atom stereocenters. The third kappa shape index (κ3) is 3.06. The minimum Gasteiger partial charge on any atom is -0.480 e. The van der Waals surface area contributed by atoms with Crippen molar-refractivity contribution in [2.45, 2.75) is 25.8 Å². The number of anilines is 1. The molecule has 1 saturated heterocycles. The normalized spacial score (nSPS) is 22.5. The van der Waals surface area contributed by atoms with Gasteiger partial charge < -0.3 is 16.2 Å². The second-order valence-electron chi connectivity index (χ2n) is 5.64. The molecule has 1 amide bonds. The number of carboxylic acid groups (broad SMARTS) is 1. The van der Waals surface area contributed by atoms with Crippen molar-refractivity contribution in [2.24, 2.45) is 12.8 Å². The maximum Gasteiger partial charge on any atom is 0.325 e. The molecule has 1 fully saturated rings. The lowest BCUT2D eigenvalue weighted by molar-refractivity contribution is -0.143. The van der Waals surface area contributed by atoms with Gasteiger partial charge in [0.1, 0.15) is 5.54 Å². The summed E-state index contributed by atoms with van der Waals surface area (Å²) < 4.78 is 1.70. The molecular weight excluding hydrogens is 274 g/mol. The summed E-state index contributed by atoms with van der Waals surface area (Å²) in [4.78, 5) is 24.9. The molecule has 0 spiro atoms. The van der Waals surface area contributed by atoms with E-state index in [0.29, 0.717) is 18.7 Å². The molecule has 2 rings (SSSR count). The number of amides is 1. The van der Waals surface area contributed by atoms with Crippen molar-refractivity contribution < 1.29 is 14.7 Å². The topological polar surface area (TPSA) is 113 Å². The molecule has 1 aliphatic heterocycles. The number of nitrogens with zero attached hydrogens (tertiary/aromatic N) is 3. The van der Waals surface area contributed by atoms with Gasteiger partial charge in [-0.15, -0.1) is 0 Å². The molecule has 0 radical (unpaired) electrons. The molecule has 0 aliphatic carbocycles. The monoisotopic (exact) mass is 295 g/mol. The van der Waals surface area contributed by atoms with Gasteiger partial charge in [0.15, 0.2) is 0 Å². The van der Waals surface area contributed by atoms with E-state index in [4.69, 9.17) is 10.8 Å². The van der Waals surface area contributed by atoms with E-state index in [1.165, 1.54) is 0 Å². The van der Waals surface area contributed by atoms with E-state index in [9.17, 15) is 9.59 Å². The van der Waals surface area contributed by atoms with Crippen molar-refractivity contribution in [1.82, 2.24) is 14.7 Å². The smallest absolute Gasteiger partial charge is 0.325 e.